The molecule has 4 rings (SSSR count). The molecule has 146 valence electrons. The molecule has 1 aromatic carbocycles. The lowest BCUT2D eigenvalue weighted by Crippen LogP contribution is -2.49. The average molecular weight is 391 g/mol. The topological polar surface area (TPSA) is 107 Å². The van der Waals surface area contributed by atoms with E-state index in [1.54, 1.807) is 21.9 Å². The van der Waals surface area contributed by atoms with E-state index in [9.17, 15) is 4.79 Å². The molecule has 1 aliphatic rings. The first-order chi connectivity index (χ1) is 16.7. The van der Waals surface area contributed by atoms with Gasteiger partial charge in [-0.3, -0.25) is 4.79 Å². The van der Waals surface area contributed by atoms with Crippen molar-refractivity contribution in [1.29, 1.82) is 0 Å². The van der Waals surface area contributed by atoms with Crippen LogP contribution < -0.4 is 20.1 Å². The van der Waals surface area contributed by atoms with Crippen LogP contribution in [0.4, 0.5) is 11.8 Å². The van der Waals surface area contributed by atoms with Crippen LogP contribution in [0, 0.1) is 0 Å². The molecule has 1 saturated heterocycles. The van der Waals surface area contributed by atoms with Gasteiger partial charge in [-0.15, -0.1) is 0 Å². The van der Waals surface area contributed by atoms with E-state index in [4.69, 9.17) is 30.6 Å². The van der Waals surface area contributed by atoms with Gasteiger partial charge in [-0.25, -0.2) is 4.98 Å². The number of amides is 1. The summed E-state index contributed by atoms with van der Waals surface area (Å²) in [5.74, 6) is -1.76. The first-order valence-electron chi connectivity index (χ1n) is 12.3. The maximum absolute atomic E-state index is 12.5. The van der Waals surface area contributed by atoms with E-state index in [1.807, 2.05) is 0 Å². The number of anilines is 2. The Kier molecular flexibility index (Phi) is 2.79. The predicted octanol–water partition coefficient (Wildman–Crippen LogP) is 1.78. The van der Waals surface area contributed by atoms with Crippen LogP contribution in [-0.4, -0.2) is 61.0 Å². The second-order valence-corrected chi connectivity index (χ2v) is 6.00. The van der Waals surface area contributed by atoms with Gasteiger partial charge in [-0.1, -0.05) is 0 Å². The molecule has 1 amide bonds. The molecule has 0 saturated carbocycles. The van der Waals surface area contributed by atoms with Crippen LogP contribution in [-0.2, 0) is 0 Å². The number of rotatable bonds is 4. The van der Waals surface area contributed by atoms with Gasteiger partial charge in [0.25, 0.3) is 5.91 Å². The predicted molar refractivity (Wildman–Crippen MR) is 104 cm³/mol. The van der Waals surface area contributed by atoms with E-state index < -0.39 is 37.7 Å². The number of hydrogen-bond donors (Lipinski definition) is 1. The van der Waals surface area contributed by atoms with Gasteiger partial charge in [0.05, 0.1) is 36.8 Å². The number of nitrogens with zero attached hydrogens (tertiary/aromatic N) is 4. The molecular formula is C19H21N5O4. The Morgan fingerprint density at radius 2 is 1.96 bits per heavy atom. The van der Waals surface area contributed by atoms with Crippen molar-refractivity contribution in [2.75, 3.05) is 50.9 Å². The molecule has 0 unspecified atom stereocenters. The molecule has 0 bridgehead atoms. The maximum Gasteiger partial charge on any atom is 0.289 e. The van der Waals surface area contributed by atoms with Crippen LogP contribution in [0.5, 0.6) is 11.5 Å². The number of nitrogen functional groups attached to an aromatic ring is 1. The third-order valence-corrected chi connectivity index (χ3v) is 4.39. The molecule has 9 nitrogen and oxygen atoms in total. The lowest BCUT2D eigenvalue weighted by atomic mass is 10.2. The van der Waals surface area contributed by atoms with Gasteiger partial charge < -0.3 is 29.4 Å². The van der Waals surface area contributed by atoms with Crippen molar-refractivity contribution in [1.82, 2.24) is 14.9 Å². The molecule has 0 radical (unpaired) electrons. The summed E-state index contributed by atoms with van der Waals surface area (Å²) in [6.07, 6.45) is 1.41. The van der Waals surface area contributed by atoms with Crippen LogP contribution in [0.1, 0.15) is 21.5 Å². The number of methoxy groups -OCH3 is 2. The van der Waals surface area contributed by atoms with Crippen molar-refractivity contribution in [3.8, 4) is 11.5 Å². The Morgan fingerprint density at radius 3 is 2.64 bits per heavy atom. The van der Waals surface area contributed by atoms with Crippen molar-refractivity contribution in [3.63, 3.8) is 0 Å². The Hall–Kier alpha value is -3.49. The van der Waals surface area contributed by atoms with Gasteiger partial charge in [-0.05, 0) is 18.2 Å². The molecule has 1 aliphatic heterocycles. The molecule has 3 aromatic rings. The first kappa shape index (κ1) is 10.7. The SMILES string of the molecule is [2H]c1c(OC([2H])([2H])[2H])c(OC([2H])([2H])[2H])c([2H])c2c(N)nc(N3CCN(C(=O)c4ccco4)CC3)nc12. The van der Waals surface area contributed by atoms with Crippen LogP contribution in [0.3, 0.4) is 0 Å². The summed E-state index contributed by atoms with van der Waals surface area (Å²) in [5.41, 5.74) is 5.86. The number of nitrogens with two attached hydrogens (primary N) is 1. The van der Waals surface area contributed by atoms with Crippen molar-refractivity contribution in [2.45, 2.75) is 0 Å². The minimum Gasteiger partial charge on any atom is -0.493 e. The highest BCUT2D eigenvalue weighted by atomic mass is 16.5. The average Bonchev–Trinajstić information content (AvgIpc) is 3.32. The van der Waals surface area contributed by atoms with Gasteiger partial charge in [0.15, 0.2) is 17.3 Å². The van der Waals surface area contributed by atoms with Crippen LogP contribution in [0.15, 0.2) is 34.9 Å². The van der Waals surface area contributed by atoms with Crippen LogP contribution in [0.25, 0.3) is 10.9 Å². The molecule has 1 fully saturated rings. The summed E-state index contributed by atoms with van der Waals surface area (Å²) in [5, 5.41) is -0.187. The first-order valence-corrected chi connectivity index (χ1v) is 8.31. The number of furan rings is 1. The fraction of sp³-hybridized carbons (Fsp3) is 0.316. The highest BCUT2D eigenvalue weighted by molar-refractivity contribution is 5.92. The smallest absolute Gasteiger partial charge is 0.289 e. The lowest BCUT2D eigenvalue weighted by Gasteiger charge is -2.34. The van der Waals surface area contributed by atoms with Gasteiger partial charge in [-0.2, -0.15) is 4.98 Å². The van der Waals surface area contributed by atoms with Crippen molar-refractivity contribution in [3.05, 3.63) is 36.2 Å². The summed E-state index contributed by atoms with van der Waals surface area (Å²) in [4.78, 5) is 24.3. The summed E-state index contributed by atoms with van der Waals surface area (Å²) in [7, 11) is -6.13. The van der Waals surface area contributed by atoms with Gasteiger partial charge in [0.2, 0.25) is 5.95 Å². The summed E-state index contributed by atoms with van der Waals surface area (Å²) in [6.45, 7) is 1.27. The highest BCUT2D eigenvalue weighted by Gasteiger charge is 2.25. The zero-order valence-corrected chi connectivity index (χ0v) is 14.6. The van der Waals surface area contributed by atoms with E-state index in [0.717, 1.165) is 0 Å². The van der Waals surface area contributed by atoms with E-state index in [2.05, 4.69) is 9.97 Å². The third kappa shape index (κ3) is 3.15. The van der Waals surface area contributed by atoms with Gasteiger partial charge in [0, 0.05) is 37.6 Å². The number of carbonyl (C=O) groups excluding carboxylic acids is 1. The van der Waals surface area contributed by atoms with E-state index in [-0.39, 0.29) is 34.3 Å². The summed E-state index contributed by atoms with van der Waals surface area (Å²) in [6, 6.07) is 1.93. The second kappa shape index (κ2) is 7.26. The lowest BCUT2D eigenvalue weighted by molar-refractivity contribution is 0.0714. The number of carbonyl (C=O) groups is 1. The molecule has 3 heterocycles. The zero-order valence-electron chi connectivity index (χ0n) is 22.6. The third-order valence-electron chi connectivity index (χ3n) is 4.39. The fourth-order valence-electron chi connectivity index (χ4n) is 2.96. The summed E-state index contributed by atoms with van der Waals surface area (Å²) >= 11 is 0. The van der Waals surface area contributed by atoms with E-state index >= 15 is 0 Å². The van der Waals surface area contributed by atoms with Gasteiger partial charge in [0.1, 0.15) is 5.82 Å². The van der Waals surface area contributed by atoms with Crippen molar-refractivity contribution in [2.24, 2.45) is 0 Å². The normalized spacial score (nSPS) is 19.4. The number of piperazine rings is 1. The number of fused-ring (bicyclic) bond motifs is 1. The van der Waals surface area contributed by atoms with Crippen molar-refractivity contribution >= 4 is 28.6 Å². The number of benzene rings is 1. The monoisotopic (exact) mass is 391 g/mol. The largest absolute Gasteiger partial charge is 0.493 e. The number of hydrogen-bond acceptors (Lipinski definition) is 8. The second-order valence-electron chi connectivity index (χ2n) is 6.00. The molecule has 9 heteroatoms. The number of aromatic nitrogens is 2. The van der Waals surface area contributed by atoms with Crippen LogP contribution in [0.2, 0.25) is 0 Å². The minimum atomic E-state index is -3.07. The minimum absolute atomic E-state index is 0.0855. The quantitative estimate of drug-likeness (QED) is 0.717. The van der Waals surface area contributed by atoms with E-state index in [0.29, 0.717) is 26.2 Å². The number of ether oxygens (including phenoxy) is 2. The molecule has 2 N–H and O–H groups in total. The molecule has 0 atom stereocenters. The Bertz CT molecular complexity index is 1290. The Labute approximate surface area is 172 Å². The molecule has 2 aromatic heterocycles. The fourth-order valence-corrected chi connectivity index (χ4v) is 2.96. The standard InChI is InChI=1S/C19H21N5O4/c1-26-15-10-12-13(11-16(15)27-2)21-19(22-17(12)20)24-7-5-23(6-8-24)18(25)14-4-3-9-28-14/h3-4,9-11H,5-8H2,1-2H3,(H2,20,21,22)/i1D3,2D3,10D,11D. The molecule has 28 heavy (non-hydrogen) atoms. The van der Waals surface area contributed by atoms with Gasteiger partial charge >= 0.3 is 0 Å². The molecule has 0 aliphatic carbocycles. The molecule has 0 spiro atoms. The van der Waals surface area contributed by atoms with E-state index in [1.165, 1.54) is 6.26 Å². The molecular weight excluding hydrogens is 362 g/mol. The highest BCUT2D eigenvalue weighted by Crippen LogP contribution is 2.34. The van der Waals surface area contributed by atoms with Crippen molar-refractivity contribution < 1.29 is 29.7 Å². The maximum atomic E-state index is 12.5. The van der Waals surface area contributed by atoms with Crippen LogP contribution >= 0.6 is 0 Å². The zero-order chi connectivity index (χ0) is 26.4. The Balaban J connectivity index is 1.71. The summed E-state index contributed by atoms with van der Waals surface area (Å²) < 4.78 is 75.9. The Morgan fingerprint density at radius 1 is 1.21 bits per heavy atom.